The number of aryl methyl sites for hydroxylation is 1. The highest BCUT2D eigenvalue weighted by molar-refractivity contribution is 5.96. The Bertz CT molecular complexity index is 1090. The molecule has 5 heteroatoms. The van der Waals surface area contributed by atoms with Gasteiger partial charge >= 0.3 is 5.97 Å². The molecule has 1 heterocycles. The molecular formula is C27H28N2O3. The van der Waals surface area contributed by atoms with Crippen LogP contribution in [-0.2, 0) is 6.54 Å². The fourth-order valence-corrected chi connectivity index (χ4v) is 4.21. The Morgan fingerprint density at radius 2 is 1.59 bits per heavy atom. The van der Waals surface area contributed by atoms with E-state index in [0.29, 0.717) is 5.56 Å². The van der Waals surface area contributed by atoms with Crippen LogP contribution in [0.2, 0.25) is 0 Å². The molecule has 1 saturated heterocycles. The number of benzene rings is 3. The first-order chi connectivity index (χ1) is 15.5. The van der Waals surface area contributed by atoms with Gasteiger partial charge in [0.05, 0.1) is 5.56 Å². The molecule has 0 aliphatic carbocycles. The Labute approximate surface area is 188 Å². The van der Waals surface area contributed by atoms with Crippen LogP contribution < -0.4 is 5.32 Å². The van der Waals surface area contributed by atoms with E-state index in [2.05, 4.69) is 34.5 Å². The highest BCUT2D eigenvalue weighted by Gasteiger charge is 2.21. The Hall–Kier alpha value is -3.44. The minimum Gasteiger partial charge on any atom is -0.478 e. The second-order valence-electron chi connectivity index (χ2n) is 8.42. The zero-order valence-electron chi connectivity index (χ0n) is 18.3. The molecule has 1 fully saturated rings. The number of piperidine rings is 1. The molecule has 0 bridgehead atoms. The van der Waals surface area contributed by atoms with Crippen LogP contribution in [0, 0.1) is 6.92 Å². The van der Waals surface area contributed by atoms with Gasteiger partial charge in [-0.2, -0.15) is 0 Å². The Kier molecular flexibility index (Phi) is 6.66. The van der Waals surface area contributed by atoms with Gasteiger partial charge in [0.15, 0.2) is 0 Å². The first-order valence-corrected chi connectivity index (χ1v) is 11.0. The van der Waals surface area contributed by atoms with Crippen LogP contribution >= 0.6 is 0 Å². The van der Waals surface area contributed by atoms with Gasteiger partial charge in [-0.25, -0.2) is 4.79 Å². The van der Waals surface area contributed by atoms with Crippen LogP contribution in [0.4, 0.5) is 0 Å². The summed E-state index contributed by atoms with van der Waals surface area (Å²) in [6.45, 7) is 4.87. The number of likely N-dealkylation sites (tertiary alicyclic amines) is 1. The smallest absolute Gasteiger partial charge is 0.335 e. The van der Waals surface area contributed by atoms with Crippen molar-refractivity contribution < 1.29 is 14.7 Å². The maximum atomic E-state index is 12.9. The van der Waals surface area contributed by atoms with Crippen molar-refractivity contribution in [3.8, 4) is 11.1 Å². The molecule has 1 aliphatic heterocycles. The van der Waals surface area contributed by atoms with Crippen molar-refractivity contribution >= 4 is 11.9 Å². The molecule has 0 atom stereocenters. The van der Waals surface area contributed by atoms with Gasteiger partial charge in [0.2, 0.25) is 0 Å². The lowest BCUT2D eigenvalue weighted by molar-refractivity contribution is 0.0696. The van der Waals surface area contributed by atoms with E-state index < -0.39 is 5.97 Å². The monoisotopic (exact) mass is 428 g/mol. The molecule has 3 aromatic carbocycles. The molecule has 0 unspecified atom stereocenters. The number of carbonyl (C=O) groups excluding carboxylic acids is 1. The predicted molar refractivity (Wildman–Crippen MR) is 126 cm³/mol. The second kappa shape index (κ2) is 9.79. The molecule has 0 radical (unpaired) electrons. The van der Waals surface area contributed by atoms with Crippen LogP contribution in [-0.4, -0.2) is 41.0 Å². The number of carboxylic acid groups (broad SMARTS) is 1. The number of rotatable bonds is 6. The zero-order chi connectivity index (χ0) is 22.5. The standard InChI is InChI=1S/C27H28N2O3/c1-19-7-8-23(17-25(19)21-9-11-22(12-10-21)27(31)32)26(30)28-24-13-15-29(16-14-24)18-20-5-3-2-4-6-20/h2-12,17,24H,13-16,18H2,1H3,(H,28,30)(H,31,32). The second-order valence-corrected chi connectivity index (χ2v) is 8.42. The molecule has 0 aromatic heterocycles. The molecule has 164 valence electrons. The van der Waals surface area contributed by atoms with Crippen molar-refractivity contribution in [1.29, 1.82) is 0 Å². The Balaban J connectivity index is 1.38. The summed E-state index contributed by atoms with van der Waals surface area (Å²) in [6.07, 6.45) is 1.88. The summed E-state index contributed by atoms with van der Waals surface area (Å²) in [5, 5.41) is 12.3. The number of hydrogen-bond acceptors (Lipinski definition) is 3. The fraction of sp³-hybridized carbons (Fsp3) is 0.259. The summed E-state index contributed by atoms with van der Waals surface area (Å²) in [5.74, 6) is -1.01. The molecule has 32 heavy (non-hydrogen) atoms. The van der Waals surface area contributed by atoms with E-state index in [1.807, 2.05) is 31.2 Å². The lowest BCUT2D eigenvalue weighted by atomic mass is 9.96. The summed E-state index contributed by atoms with van der Waals surface area (Å²) in [6, 6.07) is 23.1. The third kappa shape index (κ3) is 5.24. The molecule has 4 rings (SSSR count). The number of carboxylic acids is 1. The van der Waals surface area contributed by atoms with Gasteiger partial charge in [-0.3, -0.25) is 9.69 Å². The molecule has 2 N–H and O–H groups in total. The predicted octanol–water partition coefficient (Wildman–Crippen LogP) is 4.75. The van der Waals surface area contributed by atoms with E-state index in [1.165, 1.54) is 5.56 Å². The molecule has 0 saturated carbocycles. The minimum absolute atomic E-state index is 0.0603. The van der Waals surface area contributed by atoms with Crippen molar-refractivity contribution in [3.63, 3.8) is 0 Å². The summed E-state index contributed by atoms with van der Waals surface area (Å²) in [4.78, 5) is 26.5. The number of nitrogens with one attached hydrogen (secondary N) is 1. The van der Waals surface area contributed by atoms with E-state index in [0.717, 1.165) is 49.2 Å². The molecule has 5 nitrogen and oxygen atoms in total. The quantitative estimate of drug-likeness (QED) is 0.594. The zero-order valence-corrected chi connectivity index (χ0v) is 18.3. The summed E-state index contributed by atoms with van der Waals surface area (Å²) in [7, 11) is 0. The van der Waals surface area contributed by atoms with E-state index >= 15 is 0 Å². The van der Waals surface area contributed by atoms with E-state index in [1.54, 1.807) is 24.3 Å². The van der Waals surface area contributed by atoms with Crippen LogP contribution in [0.25, 0.3) is 11.1 Å². The summed E-state index contributed by atoms with van der Waals surface area (Å²) < 4.78 is 0. The first kappa shape index (κ1) is 21.8. The van der Waals surface area contributed by atoms with Gasteiger partial charge in [0.25, 0.3) is 5.91 Å². The largest absolute Gasteiger partial charge is 0.478 e. The van der Waals surface area contributed by atoms with Gasteiger partial charge in [-0.1, -0.05) is 48.5 Å². The molecule has 1 amide bonds. The molecule has 0 spiro atoms. The molecular weight excluding hydrogens is 400 g/mol. The normalized spacial score (nSPS) is 14.8. The first-order valence-electron chi connectivity index (χ1n) is 11.0. The van der Waals surface area contributed by atoms with Crippen LogP contribution in [0.3, 0.4) is 0 Å². The van der Waals surface area contributed by atoms with E-state index in [-0.39, 0.29) is 17.5 Å². The van der Waals surface area contributed by atoms with Crippen molar-refractivity contribution in [2.45, 2.75) is 32.4 Å². The molecule has 1 aliphatic rings. The van der Waals surface area contributed by atoms with E-state index in [9.17, 15) is 9.59 Å². The van der Waals surface area contributed by atoms with Crippen molar-refractivity contribution in [2.24, 2.45) is 0 Å². The highest BCUT2D eigenvalue weighted by atomic mass is 16.4. The maximum absolute atomic E-state index is 12.9. The van der Waals surface area contributed by atoms with Gasteiger partial charge < -0.3 is 10.4 Å². The van der Waals surface area contributed by atoms with Crippen molar-refractivity contribution in [2.75, 3.05) is 13.1 Å². The average Bonchev–Trinajstić information content (AvgIpc) is 2.81. The highest BCUT2D eigenvalue weighted by Crippen LogP contribution is 2.25. The van der Waals surface area contributed by atoms with Gasteiger partial charge in [-0.15, -0.1) is 0 Å². The van der Waals surface area contributed by atoms with Crippen LogP contribution in [0.1, 0.15) is 44.7 Å². The third-order valence-corrected chi connectivity index (χ3v) is 6.11. The topological polar surface area (TPSA) is 69.6 Å². The van der Waals surface area contributed by atoms with Crippen LogP contribution in [0.15, 0.2) is 72.8 Å². The number of carbonyl (C=O) groups is 2. The average molecular weight is 429 g/mol. The number of amides is 1. The van der Waals surface area contributed by atoms with Gasteiger partial charge in [-0.05, 0) is 66.3 Å². The third-order valence-electron chi connectivity index (χ3n) is 6.11. The number of aromatic carboxylic acids is 1. The fourth-order valence-electron chi connectivity index (χ4n) is 4.21. The molecule has 3 aromatic rings. The van der Waals surface area contributed by atoms with E-state index in [4.69, 9.17) is 5.11 Å². The number of nitrogens with zero attached hydrogens (tertiary/aromatic N) is 1. The van der Waals surface area contributed by atoms with Gasteiger partial charge in [0.1, 0.15) is 0 Å². The van der Waals surface area contributed by atoms with Crippen molar-refractivity contribution in [1.82, 2.24) is 10.2 Å². The SMILES string of the molecule is Cc1ccc(C(=O)NC2CCN(Cc3ccccc3)CC2)cc1-c1ccc(C(=O)O)cc1. The van der Waals surface area contributed by atoms with Gasteiger partial charge in [0, 0.05) is 31.2 Å². The Morgan fingerprint density at radius 1 is 0.938 bits per heavy atom. The summed E-state index contributed by atoms with van der Waals surface area (Å²) >= 11 is 0. The lowest BCUT2D eigenvalue weighted by Gasteiger charge is -2.32. The lowest BCUT2D eigenvalue weighted by Crippen LogP contribution is -2.44. The van der Waals surface area contributed by atoms with Crippen molar-refractivity contribution in [3.05, 3.63) is 95.1 Å². The maximum Gasteiger partial charge on any atom is 0.335 e. The number of hydrogen-bond donors (Lipinski definition) is 2. The Morgan fingerprint density at radius 3 is 2.25 bits per heavy atom. The minimum atomic E-state index is -0.948. The summed E-state index contributed by atoms with van der Waals surface area (Å²) in [5.41, 5.74) is 5.07. The van der Waals surface area contributed by atoms with Crippen LogP contribution in [0.5, 0.6) is 0 Å².